The van der Waals surface area contributed by atoms with Gasteiger partial charge in [-0.05, 0) is 48.9 Å². The normalized spacial score (nSPS) is 16.2. The molecule has 6 heteroatoms. The van der Waals surface area contributed by atoms with Crippen LogP contribution >= 0.6 is 11.6 Å². The Balaban J connectivity index is 1.46. The van der Waals surface area contributed by atoms with Gasteiger partial charge in [-0.2, -0.15) is 0 Å². The average Bonchev–Trinajstić information content (AvgIpc) is 3.19. The van der Waals surface area contributed by atoms with Crippen molar-refractivity contribution in [2.75, 3.05) is 23.3 Å². The second-order valence-corrected chi connectivity index (χ2v) is 7.18. The minimum absolute atomic E-state index is 0.0397. The van der Waals surface area contributed by atoms with Crippen LogP contribution in [0.4, 0.5) is 11.5 Å². The number of aromatic nitrogens is 1. The highest BCUT2D eigenvalue weighted by Gasteiger charge is 2.25. The summed E-state index contributed by atoms with van der Waals surface area (Å²) in [6.07, 6.45) is 2.70. The number of halogens is 1. The summed E-state index contributed by atoms with van der Waals surface area (Å²) in [5, 5.41) is 13.9. The van der Waals surface area contributed by atoms with Gasteiger partial charge in [0, 0.05) is 36.6 Å². The lowest BCUT2D eigenvalue weighted by molar-refractivity contribution is 0.281. The molecule has 2 heterocycles. The fraction of sp³-hybridized carbons (Fsp3) is 0.227. The predicted molar refractivity (Wildman–Crippen MR) is 112 cm³/mol. The van der Waals surface area contributed by atoms with Gasteiger partial charge < -0.3 is 20.1 Å². The van der Waals surface area contributed by atoms with E-state index < -0.39 is 0 Å². The summed E-state index contributed by atoms with van der Waals surface area (Å²) < 4.78 is 5.89. The molecule has 1 fully saturated rings. The maximum atomic E-state index is 9.88. The predicted octanol–water partition coefficient (Wildman–Crippen LogP) is 4.71. The van der Waals surface area contributed by atoms with Crippen molar-refractivity contribution in [3.05, 3.63) is 77.4 Å². The first-order chi connectivity index (χ1) is 13.7. The highest BCUT2D eigenvalue weighted by atomic mass is 35.5. The molecule has 1 aliphatic rings. The standard InChI is InChI=1S/C22H22ClN3O2/c23-20-7-4-11-24-22(20)25-17-10-12-26(14-17)21-9-8-19(13-16(21)15-27)28-18-5-2-1-3-6-18/h1-9,11,13,17,27H,10,12,14-15H2,(H,24,25)/t17-/m0/s1. The number of benzene rings is 2. The van der Waals surface area contributed by atoms with Gasteiger partial charge in [-0.3, -0.25) is 0 Å². The van der Waals surface area contributed by atoms with Crippen LogP contribution in [0.1, 0.15) is 12.0 Å². The molecule has 3 aromatic rings. The lowest BCUT2D eigenvalue weighted by Gasteiger charge is -2.22. The number of nitrogens with one attached hydrogen (secondary N) is 1. The van der Waals surface area contributed by atoms with Crippen LogP contribution < -0.4 is 15.0 Å². The third-order valence-electron chi connectivity index (χ3n) is 4.83. The van der Waals surface area contributed by atoms with Gasteiger partial charge >= 0.3 is 0 Å². The lowest BCUT2D eigenvalue weighted by Crippen LogP contribution is -2.27. The molecule has 0 unspecified atom stereocenters. The lowest BCUT2D eigenvalue weighted by atomic mass is 10.1. The fourth-order valence-electron chi connectivity index (χ4n) is 3.47. The summed E-state index contributed by atoms with van der Waals surface area (Å²) in [4.78, 5) is 6.58. The molecule has 2 N–H and O–H groups in total. The molecule has 2 aromatic carbocycles. The number of ether oxygens (including phenoxy) is 1. The molecular weight excluding hydrogens is 374 g/mol. The molecule has 0 saturated carbocycles. The number of hydrogen-bond donors (Lipinski definition) is 2. The van der Waals surface area contributed by atoms with Crippen LogP contribution in [-0.2, 0) is 6.61 Å². The number of anilines is 2. The van der Waals surface area contributed by atoms with Gasteiger partial charge in [0.25, 0.3) is 0 Å². The van der Waals surface area contributed by atoms with Crippen LogP contribution in [-0.4, -0.2) is 29.2 Å². The highest BCUT2D eigenvalue weighted by Crippen LogP contribution is 2.31. The molecule has 5 nitrogen and oxygen atoms in total. The summed E-state index contributed by atoms with van der Waals surface area (Å²) >= 11 is 6.20. The van der Waals surface area contributed by atoms with E-state index in [1.807, 2.05) is 60.7 Å². The van der Waals surface area contributed by atoms with Crippen LogP contribution in [0.3, 0.4) is 0 Å². The van der Waals surface area contributed by atoms with E-state index in [9.17, 15) is 5.11 Å². The van der Waals surface area contributed by atoms with Crippen molar-refractivity contribution >= 4 is 23.1 Å². The van der Waals surface area contributed by atoms with E-state index in [-0.39, 0.29) is 12.6 Å². The molecule has 0 bridgehead atoms. The van der Waals surface area contributed by atoms with E-state index in [0.29, 0.717) is 16.6 Å². The zero-order valence-corrected chi connectivity index (χ0v) is 16.1. The van der Waals surface area contributed by atoms with Gasteiger partial charge in [0.2, 0.25) is 0 Å². The second kappa shape index (κ2) is 8.50. The van der Waals surface area contributed by atoms with Crippen molar-refractivity contribution in [3.63, 3.8) is 0 Å². The molecule has 1 atom stereocenters. The van der Waals surface area contributed by atoms with E-state index in [2.05, 4.69) is 15.2 Å². The number of pyridine rings is 1. The average molecular weight is 396 g/mol. The van der Waals surface area contributed by atoms with Crippen LogP contribution in [0.5, 0.6) is 11.5 Å². The largest absolute Gasteiger partial charge is 0.457 e. The molecular formula is C22H22ClN3O2. The molecule has 1 aromatic heterocycles. The van der Waals surface area contributed by atoms with Gasteiger partial charge in [-0.25, -0.2) is 4.98 Å². The highest BCUT2D eigenvalue weighted by molar-refractivity contribution is 6.32. The van der Waals surface area contributed by atoms with Crippen LogP contribution in [0.2, 0.25) is 5.02 Å². The molecule has 1 saturated heterocycles. The van der Waals surface area contributed by atoms with Crippen molar-refractivity contribution in [2.45, 2.75) is 19.1 Å². The first-order valence-electron chi connectivity index (χ1n) is 9.31. The molecule has 1 aliphatic heterocycles. The number of hydrogen-bond acceptors (Lipinski definition) is 5. The van der Waals surface area contributed by atoms with Gasteiger partial charge in [0.05, 0.1) is 11.6 Å². The number of aliphatic hydroxyl groups is 1. The van der Waals surface area contributed by atoms with Crippen LogP contribution in [0, 0.1) is 0 Å². The zero-order chi connectivity index (χ0) is 19.3. The first kappa shape index (κ1) is 18.6. The van der Waals surface area contributed by atoms with Crippen molar-refractivity contribution in [3.8, 4) is 11.5 Å². The fourth-order valence-corrected chi connectivity index (χ4v) is 3.64. The van der Waals surface area contributed by atoms with Gasteiger partial charge in [-0.15, -0.1) is 0 Å². The number of para-hydroxylation sites is 1. The topological polar surface area (TPSA) is 57.6 Å². The van der Waals surface area contributed by atoms with E-state index >= 15 is 0 Å². The Morgan fingerprint density at radius 2 is 1.96 bits per heavy atom. The summed E-state index contributed by atoms with van der Waals surface area (Å²) in [5.41, 5.74) is 1.88. The van der Waals surface area contributed by atoms with Crippen LogP contribution in [0.15, 0.2) is 66.9 Å². The van der Waals surface area contributed by atoms with Crippen molar-refractivity contribution < 1.29 is 9.84 Å². The molecule has 0 amide bonds. The minimum atomic E-state index is -0.0397. The van der Waals surface area contributed by atoms with E-state index in [1.54, 1.807) is 6.20 Å². The molecule has 28 heavy (non-hydrogen) atoms. The molecule has 0 aliphatic carbocycles. The zero-order valence-electron chi connectivity index (χ0n) is 15.4. The summed E-state index contributed by atoms with van der Waals surface area (Å²) in [7, 11) is 0. The summed E-state index contributed by atoms with van der Waals surface area (Å²) in [6, 6.07) is 19.4. The van der Waals surface area contributed by atoms with Crippen molar-refractivity contribution in [1.82, 2.24) is 4.98 Å². The Hall–Kier alpha value is -2.76. The monoisotopic (exact) mass is 395 g/mol. The van der Waals surface area contributed by atoms with E-state index in [0.717, 1.165) is 36.5 Å². The minimum Gasteiger partial charge on any atom is -0.457 e. The number of nitrogens with zero attached hydrogens (tertiary/aromatic N) is 2. The Morgan fingerprint density at radius 1 is 1.11 bits per heavy atom. The maximum absolute atomic E-state index is 9.88. The Kier molecular flexibility index (Phi) is 5.65. The Morgan fingerprint density at radius 3 is 2.75 bits per heavy atom. The van der Waals surface area contributed by atoms with Crippen molar-refractivity contribution in [1.29, 1.82) is 0 Å². The summed E-state index contributed by atoms with van der Waals surface area (Å²) in [6.45, 7) is 1.68. The first-order valence-corrected chi connectivity index (χ1v) is 9.69. The second-order valence-electron chi connectivity index (χ2n) is 6.77. The van der Waals surface area contributed by atoms with Gasteiger partial charge in [0.1, 0.15) is 17.3 Å². The van der Waals surface area contributed by atoms with Gasteiger partial charge in [0.15, 0.2) is 0 Å². The van der Waals surface area contributed by atoms with E-state index in [1.165, 1.54) is 0 Å². The Labute approximate surface area is 169 Å². The van der Waals surface area contributed by atoms with Crippen molar-refractivity contribution in [2.24, 2.45) is 0 Å². The van der Waals surface area contributed by atoms with Gasteiger partial charge in [-0.1, -0.05) is 29.8 Å². The molecule has 0 radical (unpaired) electrons. The quantitative estimate of drug-likeness (QED) is 0.633. The SMILES string of the molecule is OCc1cc(Oc2ccccc2)ccc1N1CC[C@H](Nc2ncccc2Cl)C1. The smallest absolute Gasteiger partial charge is 0.145 e. The van der Waals surface area contributed by atoms with E-state index in [4.69, 9.17) is 16.3 Å². The third-order valence-corrected chi connectivity index (χ3v) is 5.13. The third kappa shape index (κ3) is 4.21. The molecule has 144 valence electrons. The number of aliphatic hydroxyl groups excluding tert-OH is 1. The molecule has 0 spiro atoms. The summed E-state index contributed by atoms with van der Waals surface area (Å²) in [5.74, 6) is 2.20. The van der Waals surface area contributed by atoms with Crippen LogP contribution in [0.25, 0.3) is 0 Å². The molecule has 4 rings (SSSR count). The Bertz CT molecular complexity index is 936. The maximum Gasteiger partial charge on any atom is 0.145 e. The number of rotatable bonds is 6.